The molecule has 2 rings (SSSR count). The number of rotatable bonds is 8. The first-order valence-corrected chi connectivity index (χ1v) is 9.09. The summed E-state index contributed by atoms with van der Waals surface area (Å²) in [5.41, 5.74) is 3.32. The van der Waals surface area contributed by atoms with Crippen LogP contribution in [-0.2, 0) is 13.0 Å². The number of guanidine groups is 1. The van der Waals surface area contributed by atoms with Crippen molar-refractivity contribution in [1.82, 2.24) is 16.0 Å². The topological polar surface area (TPSA) is 65.5 Å². The summed E-state index contributed by atoms with van der Waals surface area (Å²) >= 11 is 0. The molecule has 0 aromatic heterocycles. The van der Waals surface area contributed by atoms with E-state index in [1.54, 1.807) is 7.05 Å². The normalized spacial score (nSPS) is 11.1. The molecule has 1 amide bonds. The average Bonchev–Trinajstić information content (AvgIpc) is 2.70. The molecule has 2 aromatic rings. The molecule has 0 saturated carbocycles. The molecule has 0 unspecified atom stereocenters. The number of carbonyl (C=O) groups is 1. The number of nitrogens with one attached hydrogen (secondary N) is 3. The summed E-state index contributed by atoms with van der Waals surface area (Å²) in [7, 11) is 1.76. The van der Waals surface area contributed by atoms with Gasteiger partial charge in [-0.2, -0.15) is 0 Å². The molecule has 0 aliphatic carbocycles. The van der Waals surface area contributed by atoms with Crippen LogP contribution in [0.4, 0.5) is 0 Å². The van der Waals surface area contributed by atoms with Gasteiger partial charge in [-0.3, -0.25) is 9.79 Å². The van der Waals surface area contributed by atoms with Gasteiger partial charge in [-0.05, 0) is 36.1 Å². The highest BCUT2D eigenvalue weighted by atomic mass is 16.1. The van der Waals surface area contributed by atoms with Gasteiger partial charge in [0.15, 0.2) is 5.96 Å². The van der Waals surface area contributed by atoms with Crippen molar-refractivity contribution in [3.8, 4) is 0 Å². The first-order chi connectivity index (χ1) is 12.7. The number of carbonyl (C=O) groups excluding carboxylic acids is 1. The van der Waals surface area contributed by atoms with Crippen LogP contribution < -0.4 is 16.0 Å². The molecule has 2 aromatic carbocycles. The Bertz CT molecular complexity index is 713. The van der Waals surface area contributed by atoms with Crippen LogP contribution in [0.2, 0.25) is 0 Å². The molecule has 5 heteroatoms. The first-order valence-electron chi connectivity index (χ1n) is 9.09. The van der Waals surface area contributed by atoms with Gasteiger partial charge in [-0.15, -0.1) is 0 Å². The summed E-state index contributed by atoms with van der Waals surface area (Å²) in [5.74, 6) is 0.731. The van der Waals surface area contributed by atoms with E-state index in [2.05, 4.69) is 52.1 Å². The predicted molar refractivity (Wildman–Crippen MR) is 107 cm³/mol. The number of aryl methyl sites for hydroxylation is 1. The van der Waals surface area contributed by atoms with E-state index in [0.29, 0.717) is 12.1 Å². The van der Waals surface area contributed by atoms with E-state index in [0.717, 1.165) is 31.9 Å². The Hall–Kier alpha value is -2.82. The maximum Gasteiger partial charge on any atom is 0.251 e. The Morgan fingerprint density at radius 1 is 0.885 bits per heavy atom. The maximum atomic E-state index is 12.0. The van der Waals surface area contributed by atoms with Crippen LogP contribution in [0, 0.1) is 0 Å². The SMILES string of the molecule is CCc1ccccc1CNC(=NC)NCCCNC(=O)c1ccccc1. The second kappa shape index (κ2) is 10.9. The van der Waals surface area contributed by atoms with Crippen molar-refractivity contribution in [2.24, 2.45) is 4.99 Å². The molecule has 0 aliphatic heterocycles. The minimum atomic E-state index is -0.0377. The number of aliphatic imine (C=N–C) groups is 1. The summed E-state index contributed by atoms with van der Waals surface area (Å²) in [6.07, 6.45) is 1.84. The van der Waals surface area contributed by atoms with E-state index in [9.17, 15) is 4.79 Å². The predicted octanol–water partition coefficient (Wildman–Crippen LogP) is 2.73. The van der Waals surface area contributed by atoms with Gasteiger partial charge in [0, 0.05) is 32.2 Å². The quantitative estimate of drug-likeness (QED) is 0.389. The summed E-state index contributed by atoms with van der Waals surface area (Å²) in [6.45, 7) is 4.27. The highest BCUT2D eigenvalue weighted by Gasteiger charge is 2.04. The van der Waals surface area contributed by atoms with E-state index >= 15 is 0 Å². The first kappa shape index (κ1) is 19.5. The lowest BCUT2D eigenvalue weighted by atomic mass is 10.1. The molecule has 0 heterocycles. The van der Waals surface area contributed by atoms with Crippen molar-refractivity contribution in [2.45, 2.75) is 26.3 Å². The lowest BCUT2D eigenvalue weighted by Gasteiger charge is -2.14. The zero-order valence-electron chi connectivity index (χ0n) is 15.6. The highest BCUT2D eigenvalue weighted by Crippen LogP contribution is 2.08. The molecule has 138 valence electrons. The zero-order chi connectivity index (χ0) is 18.6. The van der Waals surface area contributed by atoms with E-state index in [1.165, 1.54) is 11.1 Å². The average molecular weight is 352 g/mol. The third-order valence-electron chi connectivity index (χ3n) is 4.14. The lowest BCUT2D eigenvalue weighted by molar-refractivity contribution is 0.0953. The van der Waals surface area contributed by atoms with E-state index < -0.39 is 0 Å². The van der Waals surface area contributed by atoms with Gasteiger partial charge >= 0.3 is 0 Å². The number of nitrogens with zero attached hydrogens (tertiary/aromatic N) is 1. The summed E-state index contributed by atoms with van der Waals surface area (Å²) in [5, 5.41) is 9.54. The Kier molecular flexibility index (Phi) is 8.19. The number of amides is 1. The van der Waals surface area contributed by atoms with Crippen molar-refractivity contribution >= 4 is 11.9 Å². The van der Waals surface area contributed by atoms with Crippen molar-refractivity contribution < 1.29 is 4.79 Å². The monoisotopic (exact) mass is 352 g/mol. The molecule has 0 spiro atoms. The van der Waals surface area contributed by atoms with Crippen molar-refractivity contribution in [3.63, 3.8) is 0 Å². The second-order valence-electron chi connectivity index (χ2n) is 5.95. The van der Waals surface area contributed by atoms with E-state index in [-0.39, 0.29) is 5.91 Å². The Balaban J connectivity index is 1.67. The minimum absolute atomic E-state index is 0.0377. The molecule has 5 nitrogen and oxygen atoms in total. The summed E-state index contributed by atoms with van der Waals surface area (Å²) in [6, 6.07) is 17.7. The summed E-state index contributed by atoms with van der Waals surface area (Å²) in [4.78, 5) is 16.2. The maximum absolute atomic E-state index is 12.0. The lowest BCUT2D eigenvalue weighted by Crippen LogP contribution is -2.38. The van der Waals surface area contributed by atoms with Gasteiger partial charge < -0.3 is 16.0 Å². The molecular formula is C21H28N4O. The molecule has 0 fully saturated rings. The van der Waals surface area contributed by atoms with Crippen LogP contribution in [0.5, 0.6) is 0 Å². The number of benzene rings is 2. The fourth-order valence-electron chi connectivity index (χ4n) is 2.66. The van der Waals surface area contributed by atoms with Crippen LogP contribution in [0.15, 0.2) is 59.6 Å². The number of hydrogen-bond donors (Lipinski definition) is 3. The van der Waals surface area contributed by atoms with Crippen LogP contribution in [0.3, 0.4) is 0 Å². The molecule has 0 saturated heterocycles. The van der Waals surface area contributed by atoms with Crippen molar-refractivity contribution in [3.05, 3.63) is 71.3 Å². The van der Waals surface area contributed by atoms with Gasteiger partial charge in [-0.25, -0.2) is 0 Å². The zero-order valence-corrected chi connectivity index (χ0v) is 15.6. The fourth-order valence-corrected chi connectivity index (χ4v) is 2.66. The molecule has 26 heavy (non-hydrogen) atoms. The van der Waals surface area contributed by atoms with Gasteiger partial charge in [0.2, 0.25) is 0 Å². The van der Waals surface area contributed by atoms with Gasteiger partial charge in [-0.1, -0.05) is 49.4 Å². The molecule has 0 aliphatic rings. The summed E-state index contributed by atoms with van der Waals surface area (Å²) < 4.78 is 0. The van der Waals surface area contributed by atoms with Crippen molar-refractivity contribution in [2.75, 3.05) is 20.1 Å². The second-order valence-corrected chi connectivity index (χ2v) is 5.95. The van der Waals surface area contributed by atoms with Crippen LogP contribution in [0.25, 0.3) is 0 Å². The molecule has 3 N–H and O–H groups in total. The Labute approximate surface area is 155 Å². The van der Waals surface area contributed by atoms with Gasteiger partial charge in [0.05, 0.1) is 0 Å². The van der Waals surface area contributed by atoms with Crippen molar-refractivity contribution in [1.29, 1.82) is 0 Å². The molecule has 0 radical (unpaired) electrons. The Morgan fingerprint density at radius 2 is 1.54 bits per heavy atom. The minimum Gasteiger partial charge on any atom is -0.356 e. The molecular weight excluding hydrogens is 324 g/mol. The van der Waals surface area contributed by atoms with E-state index in [4.69, 9.17) is 0 Å². The van der Waals surface area contributed by atoms with Gasteiger partial charge in [0.25, 0.3) is 5.91 Å². The Morgan fingerprint density at radius 3 is 2.23 bits per heavy atom. The molecule has 0 bridgehead atoms. The standard InChI is InChI=1S/C21H28N4O/c1-3-17-10-7-8-13-19(17)16-25-21(22-2)24-15-9-14-23-20(26)18-11-5-4-6-12-18/h4-8,10-13H,3,9,14-16H2,1-2H3,(H,23,26)(H2,22,24,25). The largest absolute Gasteiger partial charge is 0.356 e. The molecule has 0 atom stereocenters. The van der Waals surface area contributed by atoms with Crippen LogP contribution in [0.1, 0.15) is 34.8 Å². The highest BCUT2D eigenvalue weighted by molar-refractivity contribution is 5.94. The smallest absolute Gasteiger partial charge is 0.251 e. The van der Waals surface area contributed by atoms with Crippen LogP contribution >= 0.6 is 0 Å². The van der Waals surface area contributed by atoms with Crippen LogP contribution in [-0.4, -0.2) is 32.0 Å². The fraction of sp³-hybridized carbons (Fsp3) is 0.333. The number of hydrogen-bond acceptors (Lipinski definition) is 2. The third-order valence-corrected chi connectivity index (χ3v) is 4.14. The van der Waals surface area contributed by atoms with Gasteiger partial charge in [0.1, 0.15) is 0 Å². The van der Waals surface area contributed by atoms with E-state index in [1.807, 2.05) is 30.3 Å². The third kappa shape index (κ3) is 6.24.